The summed E-state index contributed by atoms with van der Waals surface area (Å²) in [5.41, 5.74) is 1.19. The molecule has 0 saturated heterocycles. The number of nitrogens with zero attached hydrogens (tertiary/aromatic N) is 1. The highest BCUT2D eigenvalue weighted by atomic mass is 16.6. The zero-order valence-electron chi connectivity index (χ0n) is 10.7. The van der Waals surface area contributed by atoms with Gasteiger partial charge in [-0.2, -0.15) is 0 Å². The molecule has 0 aliphatic heterocycles. The Labute approximate surface area is 109 Å². The van der Waals surface area contributed by atoms with Crippen molar-refractivity contribution in [1.29, 1.82) is 0 Å². The van der Waals surface area contributed by atoms with Crippen molar-refractivity contribution < 1.29 is 4.84 Å². The van der Waals surface area contributed by atoms with E-state index in [2.05, 4.69) is 36.4 Å². The summed E-state index contributed by atoms with van der Waals surface area (Å²) < 4.78 is 0. The summed E-state index contributed by atoms with van der Waals surface area (Å²) in [6.45, 7) is 2.16. The molecule has 1 atom stereocenters. The molecule has 0 spiro atoms. The van der Waals surface area contributed by atoms with Crippen LogP contribution in [0.25, 0.3) is 0 Å². The van der Waals surface area contributed by atoms with Crippen LogP contribution in [0.5, 0.6) is 0 Å². The van der Waals surface area contributed by atoms with Gasteiger partial charge in [0.15, 0.2) is 6.10 Å². The fourth-order valence-corrected chi connectivity index (χ4v) is 1.94. The maximum Gasteiger partial charge on any atom is 0.152 e. The molecular formula is C16H19NO. The molecular weight excluding hydrogens is 222 g/mol. The zero-order valence-corrected chi connectivity index (χ0v) is 10.7. The molecule has 2 rings (SSSR count). The normalized spacial score (nSPS) is 16.5. The number of rotatable bonds is 6. The van der Waals surface area contributed by atoms with E-state index in [1.54, 1.807) is 0 Å². The summed E-state index contributed by atoms with van der Waals surface area (Å²) >= 11 is 0. The standard InChI is InChI=1S/C16H19NO/c1-2-8-16(15-11-4-3-5-12-15)18-17-13-14-9-6-7-10-14/h3-7,9-14,16H,2,8H2,1H3/b17-13+/t16-/m0/s1. The summed E-state index contributed by atoms with van der Waals surface area (Å²) in [7, 11) is 0. The highest BCUT2D eigenvalue weighted by Crippen LogP contribution is 2.22. The lowest BCUT2D eigenvalue weighted by Crippen LogP contribution is -2.01. The summed E-state index contributed by atoms with van der Waals surface area (Å²) in [5.74, 6) is 0.281. The van der Waals surface area contributed by atoms with Gasteiger partial charge in [-0.1, -0.05) is 73.1 Å². The van der Waals surface area contributed by atoms with Crippen molar-refractivity contribution in [2.75, 3.05) is 0 Å². The van der Waals surface area contributed by atoms with Crippen molar-refractivity contribution in [3.05, 3.63) is 60.2 Å². The summed E-state index contributed by atoms with van der Waals surface area (Å²) in [6.07, 6.45) is 12.2. The smallest absolute Gasteiger partial charge is 0.152 e. The van der Waals surface area contributed by atoms with E-state index in [-0.39, 0.29) is 12.0 Å². The van der Waals surface area contributed by atoms with Crippen LogP contribution in [0.3, 0.4) is 0 Å². The second kappa shape index (κ2) is 6.80. The van der Waals surface area contributed by atoms with Crippen LogP contribution in [-0.4, -0.2) is 6.21 Å². The average molecular weight is 241 g/mol. The molecule has 0 unspecified atom stereocenters. The van der Waals surface area contributed by atoms with Crippen LogP contribution in [0.1, 0.15) is 31.4 Å². The quantitative estimate of drug-likeness (QED) is 0.538. The van der Waals surface area contributed by atoms with Gasteiger partial charge in [-0.25, -0.2) is 0 Å². The molecule has 2 nitrogen and oxygen atoms in total. The third kappa shape index (κ3) is 3.59. The Hall–Kier alpha value is -1.83. The third-order valence-electron chi connectivity index (χ3n) is 2.92. The molecule has 0 amide bonds. The lowest BCUT2D eigenvalue weighted by Gasteiger charge is -2.14. The van der Waals surface area contributed by atoms with Gasteiger partial charge >= 0.3 is 0 Å². The monoisotopic (exact) mass is 241 g/mol. The van der Waals surface area contributed by atoms with Gasteiger partial charge in [0.05, 0.1) is 6.21 Å². The van der Waals surface area contributed by atoms with Gasteiger partial charge < -0.3 is 4.84 Å². The summed E-state index contributed by atoms with van der Waals surface area (Å²) in [6, 6.07) is 10.3. The molecule has 1 aromatic carbocycles. The minimum absolute atomic E-state index is 0.0572. The molecule has 0 fully saturated rings. The number of hydrogen-bond donors (Lipinski definition) is 0. The van der Waals surface area contributed by atoms with Crippen LogP contribution < -0.4 is 0 Å². The van der Waals surface area contributed by atoms with Crippen LogP contribution in [0.15, 0.2) is 59.8 Å². The SMILES string of the molecule is CCC[C@H](O/N=C/C1C=CC=C1)c1ccccc1. The Bertz CT molecular complexity index is 422. The van der Waals surface area contributed by atoms with Gasteiger partial charge in [-0.05, 0) is 12.0 Å². The molecule has 0 radical (unpaired) electrons. The van der Waals surface area contributed by atoms with E-state index in [4.69, 9.17) is 4.84 Å². The number of hydrogen-bond acceptors (Lipinski definition) is 2. The highest BCUT2D eigenvalue weighted by molar-refractivity contribution is 5.66. The maximum absolute atomic E-state index is 5.63. The van der Waals surface area contributed by atoms with E-state index in [9.17, 15) is 0 Å². The van der Waals surface area contributed by atoms with E-state index >= 15 is 0 Å². The number of allylic oxidation sites excluding steroid dienone is 4. The van der Waals surface area contributed by atoms with Gasteiger partial charge in [0.2, 0.25) is 0 Å². The van der Waals surface area contributed by atoms with E-state index in [0.717, 1.165) is 12.8 Å². The first-order chi connectivity index (χ1) is 8.90. The maximum atomic E-state index is 5.63. The van der Waals surface area contributed by atoms with Crippen molar-refractivity contribution in [1.82, 2.24) is 0 Å². The van der Waals surface area contributed by atoms with Gasteiger partial charge in [-0.15, -0.1) is 0 Å². The zero-order chi connectivity index (χ0) is 12.6. The summed E-state index contributed by atoms with van der Waals surface area (Å²) in [4.78, 5) is 5.63. The minimum atomic E-state index is 0.0572. The molecule has 0 N–H and O–H groups in total. The van der Waals surface area contributed by atoms with Crippen LogP contribution in [-0.2, 0) is 4.84 Å². The van der Waals surface area contributed by atoms with E-state index < -0.39 is 0 Å². The van der Waals surface area contributed by atoms with Gasteiger partial charge in [0.1, 0.15) is 0 Å². The molecule has 0 aromatic heterocycles. The molecule has 18 heavy (non-hydrogen) atoms. The van der Waals surface area contributed by atoms with E-state index in [0.29, 0.717) is 0 Å². The Kier molecular flexibility index (Phi) is 4.77. The fourth-order valence-electron chi connectivity index (χ4n) is 1.94. The van der Waals surface area contributed by atoms with Gasteiger partial charge in [0, 0.05) is 5.92 Å². The lowest BCUT2D eigenvalue weighted by atomic mass is 10.1. The second-order valence-corrected chi connectivity index (χ2v) is 4.40. The minimum Gasteiger partial charge on any atom is -0.388 e. The Morgan fingerprint density at radius 3 is 2.61 bits per heavy atom. The van der Waals surface area contributed by atoms with Crippen molar-refractivity contribution >= 4 is 6.21 Å². The van der Waals surface area contributed by atoms with E-state index in [1.165, 1.54) is 5.56 Å². The van der Waals surface area contributed by atoms with Crippen LogP contribution in [0, 0.1) is 5.92 Å². The van der Waals surface area contributed by atoms with E-state index in [1.807, 2.05) is 36.6 Å². The molecule has 0 bridgehead atoms. The highest BCUT2D eigenvalue weighted by Gasteiger charge is 2.11. The van der Waals surface area contributed by atoms with Crippen molar-refractivity contribution in [3.8, 4) is 0 Å². The molecule has 2 heteroatoms. The van der Waals surface area contributed by atoms with Crippen molar-refractivity contribution in [2.45, 2.75) is 25.9 Å². The Morgan fingerprint density at radius 1 is 1.22 bits per heavy atom. The molecule has 0 heterocycles. The fraction of sp³-hybridized carbons (Fsp3) is 0.312. The molecule has 94 valence electrons. The van der Waals surface area contributed by atoms with Gasteiger partial charge in [0.25, 0.3) is 0 Å². The predicted molar refractivity (Wildman–Crippen MR) is 75.4 cm³/mol. The molecule has 1 aromatic rings. The van der Waals surface area contributed by atoms with Crippen molar-refractivity contribution in [3.63, 3.8) is 0 Å². The van der Waals surface area contributed by atoms with Crippen LogP contribution in [0.2, 0.25) is 0 Å². The lowest BCUT2D eigenvalue weighted by molar-refractivity contribution is 0.0522. The first kappa shape index (κ1) is 12.6. The topological polar surface area (TPSA) is 21.6 Å². The van der Waals surface area contributed by atoms with Crippen LogP contribution >= 0.6 is 0 Å². The predicted octanol–water partition coefficient (Wildman–Crippen LogP) is 4.27. The average Bonchev–Trinajstić information content (AvgIpc) is 2.92. The largest absolute Gasteiger partial charge is 0.388 e. The summed E-state index contributed by atoms with van der Waals surface area (Å²) in [5, 5.41) is 4.12. The van der Waals surface area contributed by atoms with Crippen LogP contribution in [0.4, 0.5) is 0 Å². The molecule has 1 aliphatic carbocycles. The Morgan fingerprint density at radius 2 is 1.94 bits per heavy atom. The molecule has 0 saturated carbocycles. The first-order valence-electron chi connectivity index (χ1n) is 6.49. The second-order valence-electron chi connectivity index (χ2n) is 4.40. The number of oxime groups is 1. The van der Waals surface area contributed by atoms with Gasteiger partial charge in [-0.3, -0.25) is 0 Å². The van der Waals surface area contributed by atoms with Crippen molar-refractivity contribution in [2.24, 2.45) is 11.1 Å². The first-order valence-corrected chi connectivity index (χ1v) is 6.49. The number of benzene rings is 1. The Balaban J connectivity index is 1.94. The molecule has 1 aliphatic rings. The third-order valence-corrected chi connectivity index (χ3v) is 2.92.